The molecule has 0 amide bonds. The molecule has 0 spiro atoms. The van der Waals surface area contributed by atoms with Crippen LogP contribution in [0.3, 0.4) is 0 Å². The molecule has 1 saturated heterocycles. The van der Waals surface area contributed by atoms with Gasteiger partial charge in [-0.3, -0.25) is 0 Å². The van der Waals surface area contributed by atoms with Crippen molar-refractivity contribution >= 4 is 50.1 Å². The Balaban J connectivity index is 0.000000172. The van der Waals surface area contributed by atoms with E-state index in [9.17, 15) is 0 Å². The lowest BCUT2D eigenvalue weighted by atomic mass is 9.73. The van der Waals surface area contributed by atoms with E-state index in [1.54, 1.807) is 7.11 Å². The summed E-state index contributed by atoms with van der Waals surface area (Å²) in [5.74, 6) is 0.874. The maximum Gasteiger partial charge on any atom is 0.495 e. The number of benzene rings is 4. The van der Waals surface area contributed by atoms with E-state index in [1.165, 1.54) is 27.1 Å². The fourth-order valence-electron chi connectivity index (χ4n) is 4.05. The van der Waals surface area contributed by atoms with Crippen LogP contribution in [-0.4, -0.2) is 25.4 Å². The molecule has 33 heavy (non-hydrogen) atoms. The number of rotatable bonds is 2. The van der Waals surface area contributed by atoms with E-state index in [2.05, 4.69) is 105 Å². The Morgan fingerprint density at radius 3 is 1.85 bits per heavy atom. The van der Waals surface area contributed by atoms with Crippen molar-refractivity contribution in [1.82, 2.24) is 0 Å². The van der Waals surface area contributed by atoms with Crippen LogP contribution < -0.4 is 10.2 Å². The first-order valence-corrected chi connectivity index (χ1v) is 12.0. The second-order valence-corrected chi connectivity index (χ2v) is 10.2. The molecule has 0 atom stereocenters. The second kappa shape index (κ2) is 9.13. The third-order valence-corrected chi connectivity index (χ3v) is 7.54. The molecule has 1 fully saturated rings. The van der Waals surface area contributed by atoms with Crippen LogP contribution in [0, 0.1) is 6.92 Å². The summed E-state index contributed by atoms with van der Waals surface area (Å²) in [6.45, 7) is 10.5. The smallest absolute Gasteiger partial charge is 0.495 e. The predicted octanol–water partition coefficient (Wildman–Crippen LogP) is 7.06. The molecular weight excluding hydrogens is 475 g/mol. The summed E-state index contributed by atoms with van der Waals surface area (Å²) in [6.07, 6.45) is 0. The van der Waals surface area contributed by atoms with Gasteiger partial charge >= 0.3 is 7.12 Å². The number of ether oxygens (including phenoxy) is 1. The van der Waals surface area contributed by atoms with Gasteiger partial charge in [-0.05, 0) is 83.6 Å². The summed E-state index contributed by atoms with van der Waals surface area (Å²) in [6, 6.07) is 24.9. The Morgan fingerprint density at radius 1 is 0.727 bits per heavy atom. The highest BCUT2D eigenvalue weighted by Gasteiger charge is 2.52. The lowest BCUT2D eigenvalue weighted by Gasteiger charge is -2.32. The van der Waals surface area contributed by atoms with Crippen LogP contribution in [0.5, 0.6) is 5.75 Å². The van der Waals surface area contributed by atoms with Gasteiger partial charge in [0, 0.05) is 0 Å². The molecule has 170 valence electrons. The molecule has 0 N–H and O–H groups in total. The third kappa shape index (κ3) is 4.55. The number of aryl methyl sites for hydroxylation is 1. The van der Waals surface area contributed by atoms with Gasteiger partial charge in [-0.2, -0.15) is 0 Å². The van der Waals surface area contributed by atoms with Gasteiger partial charge in [0.15, 0.2) is 0 Å². The SMILES string of the molecule is COc1ccc2ccccc2c1Br.Cc1ccc2ccccc2c1B1OC(C)(C)C(C)(C)O1. The zero-order valence-corrected chi connectivity index (χ0v) is 21.7. The molecule has 0 radical (unpaired) electrons. The molecule has 1 aliphatic rings. The third-order valence-electron chi connectivity index (χ3n) is 6.73. The first-order valence-electron chi connectivity index (χ1n) is 11.2. The van der Waals surface area contributed by atoms with Crippen molar-refractivity contribution in [2.45, 2.75) is 45.8 Å². The standard InChI is InChI=1S/C17H21BO2.C11H9BrO/c1-12-10-11-13-8-6-7-9-14(13)15(12)18-19-16(2,3)17(4,5)20-18;1-13-10-7-6-8-4-2-3-5-9(8)11(10)12/h6-11H,1-5H3;2-7H,1H3. The molecule has 0 aliphatic carbocycles. The van der Waals surface area contributed by atoms with Crippen LogP contribution >= 0.6 is 15.9 Å². The van der Waals surface area contributed by atoms with Gasteiger partial charge in [-0.25, -0.2) is 0 Å². The normalized spacial score (nSPS) is 16.5. The Bertz CT molecular complexity index is 1280. The Kier molecular flexibility index (Phi) is 6.59. The summed E-state index contributed by atoms with van der Waals surface area (Å²) in [5.41, 5.74) is 1.76. The Hall–Kier alpha value is -2.34. The van der Waals surface area contributed by atoms with E-state index in [0.717, 1.165) is 15.7 Å². The largest absolute Gasteiger partial charge is 0.496 e. The van der Waals surface area contributed by atoms with E-state index in [4.69, 9.17) is 14.0 Å². The fraction of sp³-hybridized carbons (Fsp3) is 0.286. The number of fused-ring (bicyclic) bond motifs is 2. The van der Waals surface area contributed by atoms with Crippen LogP contribution in [0.15, 0.2) is 77.3 Å². The molecule has 5 heteroatoms. The van der Waals surface area contributed by atoms with Crippen LogP contribution in [0.25, 0.3) is 21.5 Å². The highest BCUT2D eigenvalue weighted by molar-refractivity contribution is 9.10. The molecule has 3 nitrogen and oxygen atoms in total. The summed E-state index contributed by atoms with van der Waals surface area (Å²) >= 11 is 3.52. The number of hydrogen-bond donors (Lipinski definition) is 0. The van der Waals surface area contributed by atoms with Crippen molar-refractivity contribution in [1.29, 1.82) is 0 Å². The lowest BCUT2D eigenvalue weighted by molar-refractivity contribution is 0.00578. The van der Waals surface area contributed by atoms with Crippen molar-refractivity contribution in [2.75, 3.05) is 7.11 Å². The van der Waals surface area contributed by atoms with E-state index in [0.29, 0.717) is 0 Å². The number of methoxy groups -OCH3 is 1. The highest BCUT2D eigenvalue weighted by atomic mass is 79.9. The topological polar surface area (TPSA) is 27.7 Å². The van der Waals surface area contributed by atoms with E-state index >= 15 is 0 Å². The van der Waals surface area contributed by atoms with Crippen LogP contribution in [0.1, 0.15) is 33.3 Å². The van der Waals surface area contributed by atoms with Gasteiger partial charge in [0.25, 0.3) is 0 Å². The van der Waals surface area contributed by atoms with E-state index < -0.39 is 0 Å². The Labute approximate surface area is 205 Å². The maximum atomic E-state index is 6.22. The average molecular weight is 505 g/mol. The number of hydrogen-bond acceptors (Lipinski definition) is 3. The van der Waals surface area contributed by atoms with Gasteiger partial charge in [-0.15, -0.1) is 0 Å². The molecule has 0 aromatic heterocycles. The van der Waals surface area contributed by atoms with Gasteiger partial charge in [0.2, 0.25) is 0 Å². The van der Waals surface area contributed by atoms with Crippen molar-refractivity contribution in [2.24, 2.45) is 0 Å². The van der Waals surface area contributed by atoms with Crippen LogP contribution in [0.4, 0.5) is 0 Å². The molecular formula is C28H30BBrO3. The molecule has 1 aliphatic heterocycles. The minimum Gasteiger partial charge on any atom is -0.496 e. The van der Waals surface area contributed by atoms with E-state index in [-0.39, 0.29) is 18.3 Å². The molecule has 5 rings (SSSR count). The lowest BCUT2D eigenvalue weighted by Crippen LogP contribution is -2.41. The van der Waals surface area contributed by atoms with Crippen molar-refractivity contribution < 1.29 is 14.0 Å². The zero-order chi connectivity index (χ0) is 23.8. The summed E-state index contributed by atoms with van der Waals surface area (Å²) in [4.78, 5) is 0. The minimum absolute atomic E-state index is 0.300. The molecule has 0 saturated carbocycles. The fourth-order valence-corrected chi connectivity index (χ4v) is 4.70. The second-order valence-electron chi connectivity index (χ2n) is 9.41. The first kappa shape index (κ1) is 23.8. The van der Waals surface area contributed by atoms with Gasteiger partial charge in [0.05, 0.1) is 22.8 Å². The predicted molar refractivity (Wildman–Crippen MR) is 143 cm³/mol. The Morgan fingerprint density at radius 2 is 1.24 bits per heavy atom. The van der Waals surface area contributed by atoms with Gasteiger partial charge in [0.1, 0.15) is 5.75 Å². The summed E-state index contributed by atoms with van der Waals surface area (Å²) < 4.78 is 18.7. The summed E-state index contributed by atoms with van der Waals surface area (Å²) in [7, 11) is 1.38. The number of halogens is 1. The first-order chi connectivity index (χ1) is 15.6. The highest BCUT2D eigenvalue weighted by Crippen LogP contribution is 2.37. The van der Waals surface area contributed by atoms with Crippen LogP contribution in [0.2, 0.25) is 0 Å². The maximum absolute atomic E-state index is 6.22. The van der Waals surface area contributed by atoms with Gasteiger partial charge < -0.3 is 14.0 Å². The molecule has 0 unspecified atom stereocenters. The minimum atomic E-state index is -0.305. The molecule has 4 aromatic rings. The zero-order valence-electron chi connectivity index (χ0n) is 20.1. The average Bonchev–Trinajstić information content (AvgIpc) is 3.01. The van der Waals surface area contributed by atoms with Crippen molar-refractivity contribution in [3.05, 3.63) is 82.8 Å². The van der Waals surface area contributed by atoms with Gasteiger partial charge in [-0.1, -0.05) is 72.3 Å². The molecule has 0 bridgehead atoms. The van der Waals surface area contributed by atoms with E-state index in [1.807, 2.05) is 18.2 Å². The van der Waals surface area contributed by atoms with Crippen molar-refractivity contribution in [3.63, 3.8) is 0 Å². The quantitative estimate of drug-likeness (QED) is 0.273. The monoisotopic (exact) mass is 504 g/mol. The molecule has 1 heterocycles. The summed E-state index contributed by atoms with van der Waals surface area (Å²) in [5, 5.41) is 4.84. The molecule has 4 aromatic carbocycles. The van der Waals surface area contributed by atoms with Crippen LogP contribution in [-0.2, 0) is 9.31 Å². The van der Waals surface area contributed by atoms with Crippen molar-refractivity contribution in [3.8, 4) is 5.75 Å².